The highest BCUT2D eigenvalue weighted by molar-refractivity contribution is 7.99. The summed E-state index contributed by atoms with van der Waals surface area (Å²) >= 11 is 1.48. The summed E-state index contributed by atoms with van der Waals surface area (Å²) in [6, 6.07) is 9.20. The molecule has 0 aliphatic heterocycles. The van der Waals surface area contributed by atoms with Gasteiger partial charge in [0.2, 0.25) is 0 Å². The standard InChI is InChI=1S/C18H22N4O4S/c1-3-9-27-18-19-15-14(16(24)20-17(25)21(15)2)22(18)10-12(23)11-26-13-7-5-4-6-8-13/h4-8,12,23H,3,9-11H2,1-2H3,(H,20,24,25)/t12-/m0/s1. The van der Waals surface area contributed by atoms with E-state index in [0.717, 1.165) is 12.2 Å². The molecule has 0 bridgehead atoms. The predicted octanol–water partition coefficient (Wildman–Crippen LogP) is 1.37. The van der Waals surface area contributed by atoms with Crippen LogP contribution in [0, 0.1) is 0 Å². The summed E-state index contributed by atoms with van der Waals surface area (Å²) in [6.07, 6.45) is 0.0863. The third-order valence-electron chi connectivity index (χ3n) is 3.99. The summed E-state index contributed by atoms with van der Waals surface area (Å²) < 4.78 is 8.55. The summed E-state index contributed by atoms with van der Waals surface area (Å²) in [6.45, 7) is 2.26. The average Bonchev–Trinajstić information content (AvgIpc) is 3.02. The molecule has 8 nitrogen and oxygen atoms in total. The molecule has 0 radical (unpaired) electrons. The van der Waals surface area contributed by atoms with Gasteiger partial charge in [-0.05, 0) is 18.6 Å². The van der Waals surface area contributed by atoms with Gasteiger partial charge in [0, 0.05) is 12.8 Å². The summed E-state index contributed by atoms with van der Waals surface area (Å²) in [5.41, 5.74) is -0.453. The largest absolute Gasteiger partial charge is 0.491 e. The number of aliphatic hydroxyl groups excluding tert-OH is 1. The van der Waals surface area contributed by atoms with Crippen LogP contribution >= 0.6 is 11.8 Å². The van der Waals surface area contributed by atoms with Crippen LogP contribution in [0.15, 0.2) is 45.1 Å². The number of aliphatic hydroxyl groups is 1. The number of rotatable bonds is 8. The lowest BCUT2D eigenvalue weighted by atomic mass is 10.3. The smallest absolute Gasteiger partial charge is 0.329 e. The number of benzene rings is 1. The van der Waals surface area contributed by atoms with Gasteiger partial charge in [-0.2, -0.15) is 0 Å². The Hall–Kier alpha value is -2.52. The Morgan fingerprint density at radius 3 is 2.74 bits per heavy atom. The summed E-state index contributed by atoms with van der Waals surface area (Å²) in [7, 11) is 1.56. The van der Waals surface area contributed by atoms with E-state index in [2.05, 4.69) is 9.97 Å². The quantitative estimate of drug-likeness (QED) is 0.563. The van der Waals surface area contributed by atoms with Crippen LogP contribution in [0.3, 0.4) is 0 Å². The Balaban J connectivity index is 1.90. The van der Waals surface area contributed by atoms with Gasteiger partial charge in [0.05, 0.1) is 6.54 Å². The topological polar surface area (TPSA) is 102 Å². The highest BCUT2D eigenvalue weighted by Gasteiger charge is 2.20. The van der Waals surface area contributed by atoms with Gasteiger partial charge in [0.25, 0.3) is 5.56 Å². The van der Waals surface area contributed by atoms with Crippen LogP contribution in [0.4, 0.5) is 0 Å². The van der Waals surface area contributed by atoms with Crippen LogP contribution in [0.25, 0.3) is 11.2 Å². The number of aromatic nitrogens is 4. The fourth-order valence-corrected chi connectivity index (χ4v) is 3.52. The first-order valence-corrected chi connectivity index (χ1v) is 9.68. The maximum atomic E-state index is 12.4. The molecule has 0 spiro atoms. The predicted molar refractivity (Wildman–Crippen MR) is 105 cm³/mol. The van der Waals surface area contributed by atoms with Gasteiger partial charge in [-0.3, -0.25) is 14.3 Å². The fraction of sp³-hybridized carbons (Fsp3) is 0.389. The monoisotopic (exact) mass is 390 g/mol. The number of aryl methyl sites for hydroxylation is 1. The van der Waals surface area contributed by atoms with Gasteiger partial charge >= 0.3 is 5.69 Å². The molecule has 0 saturated carbocycles. The zero-order valence-electron chi connectivity index (χ0n) is 15.2. The Morgan fingerprint density at radius 1 is 1.30 bits per heavy atom. The Bertz CT molecular complexity index is 1030. The third-order valence-corrected chi connectivity index (χ3v) is 5.17. The van der Waals surface area contributed by atoms with E-state index in [0.29, 0.717) is 16.6 Å². The minimum absolute atomic E-state index is 0.0746. The van der Waals surface area contributed by atoms with Crippen LogP contribution in [0.5, 0.6) is 5.75 Å². The number of hydrogen-bond donors (Lipinski definition) is 2. The SMILES string of the molecule is CCCSc1nc2c(c(=O)[nH]c(=O)n2C)n1C[C@H](O)COc1ccccc1. The number of imidazole rings is 1. The molecule has 0 saturated heterocycles. The Labute approximate surface area is 159 Å². The molecule has 0 unspecified atom stereocenters. The summed E-state index contributed by atoms with van der Waals surface area (Å²) in [5.74, 6) is 1.47. The number of ether oxygens (including phenoxy) is 1. The number of para-hydroxylation sites is 1. The number of hydrogen-bond acceptors (Lipinski definition) is 6. The highest BCUT2D eigenvalue weighted by Crippen LogP contribution is 2.22. The van der Waals surface area contributed by atoms with Crippen molar-refractivity contribution in [3.05, 3.63) is 51.2 Å². The molecule has 3 aromatic rings. The molecule has 0 aliphatic carbocycles. The van der Waals surface area contributed by atoms with Crippen LogP contribution in [-0.4, -0.2) is 42.7 Å². The highest BCUT2D eigenvalue weighted by atomic mass is 32.2. The molecule has 2 N–H and O–H groups in total. The first-order chi connectivity index (χ1) is 13.0. The van der Waals surface area contributed by atoms with E-state index < -0.39 is 17.4 Å². The van der Waals surface area contributed by atoms with Crippen molar-refractivity contribution in [2.75, 3.05) is 12.4 Å². The number of fused-ring (bicyclic) bond motifs is 1. The van der Waals surface area contributed by atoms with Gasteiger partial charge in [0.15, 0.2) is 16.3 Å². The van der Waals surface area contributed by atoms with Crippen molar-refractivity contribution >= 4 is 22.9 Å². The molecule has 2 aromatic heterocycles. The zero-order valence-corrected chi connectivity index (χ0v) is 16.0. The van der Waals surface area contributed by atoms with E-state index in [4.69, 9.17) is 4.74 Å². The molecule has 2 heterocycles. The molecule has 0 amide bonds. The molecular weight excluding hydrogens is 368 g/mol. The molecule has 27 heavy (non-hydrogen) atoms. The van der Waals surface area contributed by atoms with Crippen molar-refractivity contribution in [2.45, 2.75) is 31.1 Å². The van der Waals surface area contributed by atoms with Crippen LogP contribution in [0.2, 0.25) is 0 Å². The molecular formula is C18H22N4O4S. The fourth-order valence-electron chi connectivity index (χ4n) is 2.66. The second-order valence-corrected chi connectivity index (χ2v) is 7.18. The van der Waals surface area contributed by atoms with Crippen molar-refractivity contribution in [3.63, 3.8) is 0 Å². The molecule has 0 fully saturated rings. The number of H-pyrrole nitrogens is 1. The zero-order chi connectivity index (χ0) is 19.4. The second kappa shape index (κ2) is 8.45. The maximum Gasteiger partial charge on any atom is 0.329 e. The minimum atomic E-state index is -0.847. The first kappa shape index (κ1) is 19.2. The number of nitrogens with zero attached hydrogens (tertiary/aromatic N) is 3. The van der Waals surface area contributed by atoms with Crippen molar-refractivity contribution in [2.24, 2.45) is 7.05 Å². The van der Waals surface area contributed by atoms with Crippen molar-refractivity contribution in [1.82, 2.24) is 19.1 Å². The van der Waals surface area contributed by atoms with Gasteiger partial charge in [-0.15, -0.1) is 0 Å². The summed E-state index contributed by atoms with van der Waals surface area (Å²) in [5, 5.41) is 11.0. The van der Waals surface area contributed by atoms with E-state index in [1.807, 2.05) is 37.3 Å². The maximum absolute atomic E-state index is 12.4. The van der Waals surface area contributed by atoms with E-state index >= 15 is 0 Å². The van der Waals surface area contributed by atoms with Gasteiger partial charge in [0.1, 0.15) is 18.5 Å². The van der Waals surface area contributed by atoms with Crippen LogP contribution in [0.1, 0.15) is 13.3 Å². The van der Waals surface area contributed by atoms with Gasteiger partial charge < -0.3 is 14.4 Å². The normalized spacial score (nSPS) is 12.4. The molecule has 144 valence electrons. The van der Waals surface area contributed by atoms with Crippen LogP contribution < -0.4 is 16.0 Å². The van der Waals surface area contributed by atoms with E-state index in [9.17, 15) is 14.7 Å². The Kier molecular flexibility index (Phi) is 6.02. The minimum Gasteiger partial charge on any atom is -0.491 e. The molecule has 0 aliphatic rings. The lowest BCUT2D eigenvalue weighted by molar-refractivity contribution is 0.0914. The van der Waals surface area contributed by atoms with Crippen molar-refractivity contribution in [3.8, 4) is 5.75 Å². The van der Waals surface area contributed by atoms with E-state index in [1.165, 1.54) is 16.3 Å². The van der Waals surface area contributed by atoms with Crippen molar-refractivity contribution in [1.29, 1.82) is 0 Å². The molecule has 9 heteroatoms. The van der Waals surface area contributed by atoms with Gasteiger partial charge in [-0.25, -0.2) is 9.78 Å². The summed E-state index contributed by atoms with van der Waals surface area (Å²) in [4.78, 5) is 31.0. The van der Waals surface area contributed by atoms with Gasteiger partial charge in [-0.1, -0.05) is 36.9 Å². The van der Waals surface area contributed by atoms with E-state index in [-0.39, 0.29) is 18.7 Å². The lowest BCUT2D eigenvalue weighted by Gasteiger charge is -2.15. The number of aromatic amines is 1. The van der Waals surface area contributed by atoms with Crippen molar-refractivity contribution < 1.29 is 9.84 Å². The molecule has 3 rings (SSSR count). The molecule has 1 aromatic carbocycles. The van der Waals surface area contributed by atoms with Crippen LogP contribution in [-0.2, 0) is 13.6 Å². The lowest BCUT2D eigenvalue weighted by Crippen LogP contribution is -2.30. The second-order valence-electron chi connectivity index (χ2n) is 6.12. The number of thioether (sulfide) groups is 1. The van der Waals surface area contributed by atoms with E-state index in [1.54, 1.807) is 11.6 Å². The Morgan fingerprint density at radius 2 is 2.04 bits per heavy atom. The number of nitrogens with one attached hydrogen (secondary N) is 1. The third kappa shape index (κ3) is 4.25. The molecule has 1 atom stereocenters. The average molecular weight is 390 g/mol. The first-order valence-electron chi connectivity index (χ1n) is 8.69.